The number of benzene rings is 1. The highest BCUT2D eigenvalue weighted by atomic mass is 19.1. The molecule has 100 valence electrons. The third kappa shape index (κ3) is 3.17. The highest BCUT2D eigenvalue weighted by Crippen LogP contribution is 2.17. The first-order valence-electron chi connectivity index (χ1n) is 5.87. The fraction of sp³-hybridized carbons (Fsp3) is 0.231. The van der Waals surface area contributed by atoms with Crippen LogP contribution in [0, 0.1) is 12.7 Å². The van der Waals surface area contributed by atoms with Gasteiger partial charge in [-0.3, -0.25) is 5.43 Å². The normalized spacial score (nSPS) is 10.3. The minimum absolute atomic E-state index is 0.225. The van der Waals surface area contributed by atoms with Gasteiger partial charge < -0.3 is 4.90 Å². The fourth-order valence-corrected chi connectivity index (χ4v) is 1.78. The highest BCUT2D eigenvalue weighted by molar-refractivity contribution is 5.44. The number of anilines is 2. The van der Waals surface area contributed by atoms with Crippen molar-refractivity contribution in [2.45, 2.75) is 13.5 Å². The van der Waals surface area contributed by atoms with Crippen molar-refractivity contribution < 1.29 is 4.39 Å². The standard InChI is InChI=1S/C13H16FN5/c1-9-7-12(17-13(16-9)18-15)19(2)8-10-5-3-4-6-11(10)14/h3-7H,8,15H2,1-2H3,(H,16,17,18). The van der Waals surface area contributed by atoms with Crippen molar-refractivity contribution in [1.29, 1.82) is 0 Å². The van der Waals surface area contributed by atoms with Crippen LogP contribution in [0.15, 0.2) is 30.3 Å². The van der Waals surface area contributed by atoms with E-state index in [1.807, 2.05) is 31.0 Å². The summed E-state index contributed by atoms with van der Waals surface area (Å²) in [4.78, 5) is 10.2. The van der Waals surface area contributed by atoms with Crippen molar-refractivity contribution in [3.63, 3.8) is 0 Å². The van der Waals surface area contributed by atoms with Crippen LogP contribution in [0.3, 0.4) is 0 Å². The summed E-state index contributed by atoms with van der Waals surface area (Å²) in [5, 5.41) is 0. The number of nitrogens with one attached hydrogen (secondary N) is 1. The number of nitrogens with zero attached hydrogens (tertiary/aromatic N) is 3. The maximum atomic E-state index is 13.6. The van der Waals surface area contributed by atoms with Gasteiger partial charge in [0.2, 0.25) is 5.95 Å². The molecule has 0 unspecified atom stereocenters. The van der Waals surface area contributed by atoms with Crippen LogP contribution in [0.4, 0.5) is 16.2 Å². The molecule has 6 heteroatoms. The largest absolute Gasteiger partial charge is 0.355 e. The summed E-state index contributed by atoms with van der Waals surface area (Å²) in [7, 11) is 1.84. The number of hydrazine groups is 1. The van der Waals surface area contributed by atoms with Crippen molar-refractivity contribution in [1.82, 2.24) is 9.97 Å². The summed E-state index contributed by atoms with van der Waals surface area (Å²) in [6, 6.07) is 8.50. The van der Waals surface area contributed by atoms with E-state index in [-0.39, 0.29) is 5.82 Å². The number of aryl methyl sites for hydroxylation is 1. The lowest BCUT2D eigenvalue weighted by atomic mass is 10.2. The second kappa shape index (κ2) is 5.62. The molecule has 0 saturated heterocycles. The van der Waals surface area contributed by atoms with E-state index in [1.54, 1.807) is 12.1 Å². The molecule has 19 heavy (non-hydrogen) atoms. The van der Waals surface area contributed by atoms with Crippen molar-refractivity contribution >= 4 is 11.8 Å². The Bertz CT molecular complexity index is 573. The Morgan fingerprint density at radius 1 is 1.32 bits per heavy atom. The molecule has 2 aromatic rings. The van der Waals surface area contributed by atoms with E-state index in [2.05, 4.69) is 15.4 Å². The van der Waals surface area contributed by atoms with Crippen molar-refractivity contribution in [3.05, 3.63) is 47.4 Å². The first-order valence-corrected chi connectivity index (χ1v) is 5.87. The summed E-state index contributed by atoms with van der Waals surface area (Å²) in [6.45, 7) is 2.27. The van der Waals surface area contributed by atoms with Crippen LogP contribution in [0.25, 0.3) is 0 Å². The predicted octanol–water partition coefficient (Wildman–Crippen LogP) is 1.85. The molecule has 0 bridgehead atoms. The van der Waals surface area contributed by atoms with Gasteiger partial charge in [-0.05, 0) is 13.0 Å². The van der Waals surface area contributed by atoms with Crippen LogP contribution >= 0.6 is 0 Å². The van der Waals surface area contributed by atoms with Gasteiger partial charge in [0.1, 0.15) is 11.6 Å². The molecular formula is C13H16FN5. The molecular weight excluding hydrogens is 245 g/mol. The molecule has 0 aliphatic carbocycles. The molecule has 1 aromatic carbocycles. The average Bonchev–Trinajstić information content (AvgIpc) is 2.40. The summed E-state index contributed by atoms with van der Waals surface area (Å²) >= 11 is 0. The molecule has 0 radical (unpaired) electrons. The topological polar surface area (TPSA) is 67.1 Å². The minimum atomic E-state index is -0.225. The number of hydrogen-bond donors (Lipinski definition) is 2. The average molecular weight is 261 g/mol. The Kier molecular flexibility index (Phi) is 3.91. The Hall–Kier alpha value is -2.21. The molecule has 0 fully saturated rings. The fourth-order valence-electron chi connectivity index (χ4n) is 1.78. The molecule has 0 atom stereocenters. The molecule has 0 aliphatic rings. The third-order valence-electron chi connectivity index (χ3n) is 2.73. The zero-order valence-electron chi connectivity index (χ0n) is 10.9. The quantitative estimate of drug-likeness (QED) is 0.649. The van der Waals surface area contributed by atoms with E-state index in [4.69, 9.17) is 5.84 Å². The van der Waals surface area contributed by atoms with Crippen LogP contribution in [0.5, 0.6) is 0 Å². The lowest BCUT2D eigenvalue weighted by molar-refractivity contribution is 0.607. The van der Waals surface area contributed by atoms with E-state index in [0.29, 0.717) is 23.9 Å². The summed E-state index contributed by atoms with van der Waals surface area (Å²) in [6.07, 6.45) is 0. The smallest absolute Gasteiger partial charge is 0.239 e. The molecule has 5 nitrogen and oxygen atoms in total. The second-order valence-corrected chi connectivity index (χ2v) is 4.28. The van der Waals surface area contributed by atoms with Crippen LogP contribution < -0.4 is 16.2 Å². The van der Waals surface area contributed by atoms with Crippen molar-refractivity contribution in [2.75, 3.05) is 17.4 Å². The summed E-state index contributed by atoms with van der Waals surface area (Å²) in [5.41, 5.74) is 3.82. The van der Waals surface area contributed by atoms with Gasteiger partial charge in [-0.2, -0.15) is 4.98 Å². The Morgan fingerprint density at radius 2 is 2.05 bits per heavy atom. The van der Waals surface area contributed by atoms with Gasteiger partial charge in [0.05, 0.1) is 0 Å². The van der Waals surface area contributed by atoms with E-state index in [0.717, 1.165) is 5.69 Å². The van der Waals surface area contributed by atoms with Crippen LogP contribution in [-0.4, -0.2) is 17.0 Å². The van der Waals surface area contributed by atoms with Crippen LogP contribution in [0.1, 0.15) is 11.3 Å². The number of nitrogens with two attached hydrogens (primary N) is 1. The number of rotatable bonds is 4. The van der Waals surface area contributed by atoms with Crippen molar-refractivity contribution in [3.8, 4) is 0 Å². The van der Waals surface area contributed by atoms with Gasteiger partial charge in [-0.15, -0.1) is 0 Å². The number of nitrogen functional groups attached to an aromatic ring is 1. The van der Waals surface area contributed by atoms with E-state index in [9.17, 15) is 4.39 Å². The molecule has 0 amide bonds. The number of hydrogen-bond acceptors (Lipinski definition) is 5. The molecule has 0 aliphatic heterocycles. The van der Waals surface area contributed by atoms with Crippen molar-refractivity contribution in [2.24, 2.45) is 5.84 Å². The highest BCUT2D eigenvalue weighted by Gasteiger charge is 2.09. The van der Waals surface area contributed by atoms with E-state index < -0.39 is 0 Å². The minimum Gasteiger partial charge on any atom is -0.355 e. The van der Waals surface area contributed by atoms with E-state index in [1.165, 1.54) is 6.07 Å². The lowest BCUT2D eigenvalue weighted by Crippen LogP contribution is -2.20. The molecule has 1 aromatic heterocycles. The Labute approximate surface area is 111 Å². The molecule has 1 heterocycles. The van der Waals surface area contributed by atoms with Crippen LogP contribution in [-0.2, 0) is 6.54 Å². The second-order valence-electron chi connectivity index (χ2n) is 4.28. The van der Waals surface area contributed by atoms with Crippen LogP contribution in [0.2, 0.25) is 0 Å². The Balaban J connectivity index is 2.22. The zero-order chi connectivity index (χ0) is 13.8. The van der Waals surface area contributed by atoms with Gasteiger partial charge in [0.15, 0.2) is 0 Å². The summed E-state index contributed by atoms with van der Waals surface area (Å²) in [5.74, 6) is 6.11. The number of aromatic nitrogens is 2. The SMILES string of the molecule is Cc1cc(N(C)Cc2ccccc2F)nc(NN)n1. The molecule has 0 saturated carbocycles. The monoisotopic (exact) mass is 261 g/mol. The van der Waals surface area contributed by atoms with Gasteiger partial charge >= 0.3 is 0 Å². The maximum absolute atomic E-state index is 13.6. The first-order chi connectivity index (χ1) is 9.10. The number of halogens is 1. The van der Waals surface area contributed by atoms with Gasteiger partial charge in [0.25, 0.3) is 0 Å². The van der Waals surface area contributed by atoms with E-state index >= 15 is 0 Å². The lowest BCUT2D eigenvalue weighted by Gasteiger charge is -2.19. The van der Waals surface area contributed by atoms with Gasteiger partial charge in [-0.1, -0.05) is 18.2 Å². The first kappa shape index (κ1) is 13.2. The summed E-state index contributed by atoms with van der Waals surface area (Å²) < 4.78 is 13.6. The van der Waals surface area contributed by atoms with Gasteiger partial charge in [0, 0.05) is 30.9 Å². The Morgan fingerprint density at radius 3 is 2.74 bits per heavy atom. The molecule has 0 spiro atoms. The molecule has 2 rings (SSSR count). The third-order valence-corrected chi connectivity index (χ3v) is 2.73. The predicted molar refractivity (Wildman–Crippen MR) is 73.1 cm³/mol. The van der Waals surface area contributed by atoms with Gasteiger partial charge in [-0.25, -0.2) is 15.2 Å². The maximum Gasteiger partial charge on any atom is 0.239 e. The zero-order valence-corrected chi connectivity index (χ0v) is 10.9. The molecule has 3 N–H and O–H groups in total.